The molecule has 21 heavy (non-hydrogen) atoms. The molecule has 0 heterocycles. The van der Waals surface area contributed by atoms with Gasteiger partial charge in [-0.2, -0.15) is 0 Å². The summed E-state index contributed by atoms with van der Waals surface area (Å²) in [5, 5.41) is 3.63. The molecule has 0 saturated heterocycles. The molecule has 0 aromatic heterocycles. The van der Waals surface area contributed by atoms with E-state index in [1.165, 1.54) is 18.4 Å². The Morgan fingerprint density at radius 2 is 2.05 bits per heavy atom. The number of nitrogens with one attached hydrogen (secondary N) is 1. The van der Waals surface area contributed by atoms with Crippen LogP contribution in [0.3, 0.4) is 0 Å². The van der Waals surface area contributed by atoms with E-state index in [-0.39, 0.29) is 5.41 Å². The van der Waals surface area contributed by atoms with Gasteiger partial charge in [-0.1, -0.05) is 50.0 Å². The predicted octanol–water partition coefficient (Wildman–Crippen LogP) is 5.05. The van der Waals surface area contributed by atoms with Crippen LogP contribution in [0.1, 0.15) is 46.1 Å². The summed E-state index contributed by atoms with van der Waals surface area (Å²) in [6.45, 7) is 11.3. The first-order valence-electron chi connectivity index (χ1n) is 7.93. The SMILES string of the molecule is CCCC(C)(CNCC(C)C)Cc1cc(Br)ccc1OC. The number of benzene rings is 1. The molecule has 0 fully saturated rings. The molecule has 0 aliphatic heterocycles. The van der Waals surface area contributed by atoms with E-state index < -0.39 is 0 Å². The molecular weight excluding hydrogens is 326 g/mol. The number of hydrogen-bond acceptors (Lipinski definition) is 2. The molecule has 0 spiro atoms. The van der Waals surface area contributed by atoms with Crippen LogP contribution in [-0.2, 0) is 6.42 Å². The van der Waals surface area contributed by atoms with Crippen molar-refractivity contribution in [3.63, 3.8) is 0 Å². The van der Waals surface area contributed by atoms with Gasteiger partial charge in [0.25, 0.3) is 0 Å². The smallest absolute Gasteiger partial charge is 0.122 e. The van der Waals surface area contributed by atoms with Crippen LogP contribution in [0, 0.1) is 11.3 Å². The number of methoxy groups -OCH3 is 1. The lowest BCUT2D eigenvalue weighted by Gasteiger charge is -2.31. The molecule has 0 radical (unpaired) electrons. The lowest BCUT2D eigenvalue weighted by molar-refractivity contribution is 0.267. The Balaban J connectivity index is 2.83. The van der Waals surface area contributed by atoms with Gasteiger partial charge in [0.15, 0.2) is 0 Å². The minimum Gasteiger partial charge on any atom is -0.496 e. The Kier molecular flexibility index (Phi) is 7.75. The quantitative estimate of drug-likeness (QED) is 0.668. The third kappa shape index (κ3) is 6.39. The molecule has 1 aromatic carbocycles. The Labute approximate surface area is 138 Å². The fraction of sp³-hybridized carbons (Fsp3) is 0.667. The third-order valence-electron chi connectivity index (χ3n) is 3.82. The molecule has 0 amide bonds. The van der Waals surface area contributed by atoms with Gasteiger partial charge in [-0.3, -0.25) is 0 Å². The summed E-state index contributed by atoms with van der Waals surface area (Å²) in [6, 6.07) is 6.28. The van der Waals surface area contributed by atoms with Gasteiger partial charge in [-0.05, 0) is 54.5 Å². The van der Waals surface area contributed by atoms with Gasteiger partial charge >= 0.3 is 0 Å². The average Bonchev–Trinajstić information content (AvgIpc) is 2.38. The topological polar surface area (TPSA) is 21.3 Å². The molecule has 3 heteroatoms. The summed E-state index contributed by atoms with van der Waals surface area (Å²) in [5.41, 5.74) is 1.55. The molecule has 0 saturated carbocycles. The van der Waals surface area contributed by atoms with Crippen LogP contribution < -0.4 is 10.1 Å². The van der Waals surface area contributed by atoms with Gasteiger partial charge in [0.2, 0.25) is 0 Å². The normalized spacial score (nSPS) is 14.2. The molecule has 1 rings (SSSR count). The van der Waals surface area contributed by atoms with E-state index in [9.17, 15) is 0 Å². The third-order valence-corrected chi connectivity index (χ3v) is 4.31. The van der Waals surface area contributed by atoms with Crippen LogP contribution in [0.2, 0.25) is 0 Å². The zero-order valence-electron chi connectivity index (χ0n) is 14.1. The van der Waals surface area contributed by atoms with Crippen molar-refractivity contribution in [3.05, 3.63) is 28.2 Å². The zero-order chi connectivity index (χ0) is 15.9. The van der Waals surface area contributed by atoms with Crippen LogP contribution >= 0.6 is 15.9 Å². The highest BCUT2D eigenvalue weighted by atomic mass is 79.9. The van der Waals surface area contributed by atoms with Crippen LogP contribution in [-0.4, -0.2) is 20.2 Å². The van der Waals surface area contributed by atoms with Crippen molar-refractivity contribution in [1.82, 2.24) is 5.32 Å². The summed E-state index contributed by atoms with van der Waals surface area (Å²) in [4.78, 5) is 0. The van der Waals surface area contributed by atoms with Crippen molar-refractivity contribution in [3.8, 4) is 5.75 Å². The molecule has 120 valence electrons. The van der Waals surface area contributed by atoms with Gasteiger partial charge in [0.05, 0.1) is 7.11 Å². The van der Waals surface area contributed by atoms with E-state index >= 15 is 0 Å². The van der Waals surface area contributed by atoms with Crippen molar-refractivity contribution in [2.75, 3.05) is 20.2 Å². The van der Waals surface area contributed by atoms with Gasteiger partial charge in [0, 0.05) is 11.0 Å². The van der Waals surface area contributed by atoms with Crippen molar-refractivity contribution in [1.29, 1.82) is 0 Å². The van der Waals surface area contributed by atoms with Crippen molar-refractivity contribution >= 4 is 15.9 Å². The standard InChI is InChI=1S/C18H30BrNO/c1-6-9-18(4,13-20-12-14(2)3)11-15-10-16(19)7-8-17(15)21-5/h7-8,10,14,20H,6,9,11-13H2,1-5H3. The van der Waals surface area contributed by atoms with Gasteiger partial charge in [0.1, 0.15) is 5.75 Å². The first-order chi connectivity index (χ1) is 9.90. The van der Waals surface area contributed by atoms with Crippen molar-refractivity contribution in [2.45, 2.75) is 47.0 Å². The van der Waals surface area contributed by atoms with E-state index in [2.05, 4.69) is 55.0 Å². The molecule has 0 aliphatic rings. The predicted molar refractivity (Wildman–Crippen MR) is 95.1 cm³/mol. The maximum absolute atomic E-state index is 5.53. The monoisotopic (exact) mass is 355 g/mol. The Hall–Kier alpha value is -0.540. The molecule has 1 N–H and O–H groups in total. The molecule has 0 bridgehead atoms. The lowest BCUT2D eigenvalue weighted by Crippen LogP contribution is -2.35. The molecule has 1 unspecified atom stereocenters. The number of hydrogen-bond donors (Lipinski definition) is 1. The van der Waals surface area contributed by atoms with Crippen molar-refractivity contribution in [2.24, 2.45) is 11.3 Å². The molecule has 1 aromatic rings. The first kappa shape index (κ1) is 18.5. The molecule has 2 nitrogen and oxygen atoms in total. The summed E-state index contributed by atoms with van der Waals surface area (Å²) < 4.78 is 6.64. The van der Waals surface area contributed by atoms with Gasteiger partial charge < -0.3 is 10.1 Å². The van der Waals surface area contributed by atoms with Crippen LogP contribution in [0.4, 0.5) is 0 Å². The van der Waals surface area contributed by atoms with Crippen LogP contribution in [0.15, 0.2) is 22.7 Å². The highest BCUT2D eigenvalue weighted by Crippen LogP contribution is 2.33. The fourth-order valence-electron chi connectivity index (χ4n) is 2.85. The van der Waals surface area contributed by atoms with Crippen LogP contribution in [0.5, 0.6) is 5.75 Å². The zero-order valence-corrected chi connectivity index (χ0v) is 15.7. The largest absolute Gasteiger partial charge is 0.496 e. The minimum absolute atomic E-state index is 0.262. The summed E-state index contributed by atoms with van der Waals surface area (Å²) in [6.07, 6.45) is 3.46. The maximum atomic E-state index is 5.53. The second-order valence-electron chi connectivity index (χ2n) is 6.72. The first-order valence-corrected chi connectivity index (χ1v) is 8.72. The second-order valence-corrected chi connectivity index (χ2v) is 7.63. The maximum Gasteiger partial charge on any atom is 0.122 e. The van der Waals surface area contributed by atoms with Gasteiger partial charge in [-0.15, -0.1) is 0 Å². The summed E-state index contributed by atoms with van der Waals surface area (Å²) in [5.74, 6) is 1.68. The molecular formula is C18H30BrNO. The average molecular weight is 356 g/mol. The molecule has 1 atom stereocenters. The van der Waals surface area contributed by atoms with Crippen molar-refractivity contribution < 1.29 is 4.74 Å². The summed E-state index contributed by atoms with van der Waals surface area (Å²) in [7, 11) is 1.75. The van der Waals surface area contributed by atoms with Gasteiger partial charge in [-0.25, -0.2) is 0 Å². The van der Waals surface area contributed by atoms with E-state index in [1.807, 2.05) is 12.1 Å². The Morgan fingerprint density at radius 3 is 2.62 bits per heavy atom. The molecule has 0 aliphatic carbocycles. The summed E-state index contributed by atoms with van der Waals surface area (Å²) >= 11 is 3.57. The number of halogens is 1. The number of rotatable bonds is 9. The van der Waals surface area contributed by atoms with E-state index in [1.54, 1.807) is 7.11 Å². The van der Waals surface area contributed by atoms with E-state index in [4.69, 9.17) is 4.74 Å². The minimum atomic E-state index is 0.262. The fourth-order valence-corrected chi connectivity index (χ4v) is 3.26. The highest BCUT2D eigenvalue weighted by molar-refractivity contribution is 9.10. The van der Waals surface area contributed by atoms with Crippen LogP contribution in [0.25, 0.3) is 0 Å². The highest BCUT2D eigenvalue weighted by Gasteiger charge is 2.25. The van der Waals surface area contributed by atoms with E-state index in [0.717, 1.165) is 29.7 Å². The number of ether oxygens (including phenoxy) is 1. The lowest BCUT2D eigenvalue weighted by atomic mass is 9.79. The van der Waals surface area contributed by atoms with E-state index in [0.29, 0.717) is 5.92 Å². The Morgan fingerprint density at radius 1 is 1.33 bits per heavy atom. The Bertz CT molecular complexity index is 433. The second kappa shape index (κ2) is 8.79.